The number of nitriles is 1. The van der Waals surface area contributed by atoms with Crippen LogP contribution in [0.15, 0.2) is 58.5 Å². The molecule has 202 valence electrons. The van der Waals surface area contributed by atoms with E-state index in [4.69, 9.17) is 9.47 Å². The SMILES string of the molecule is CCOC(=O)Nc1cc(C#N)ccc1C1C(C(=O)OC)=C(C)N(c2cccc(C(F)(F)F)c2)c2n[nH]c(=O)n21. The number of alkyl halides is 3. The van der Waals surface area contributed by atoms with Crippen molar-refractivity contribution in [3.8, 4) is 6.07 Å². The molecule has 1 aliphatic heterocycles. The third-order valence-electron chi connectivity index (χ3n) is 5.97. The lowest BCUT2D eigenvalue weighted by molar-refractivity contribution is -0.138. The molecule has 0 saturated carbocycles. The summed E-state index contributed by atoms with van der Waals surface area (Å²) in [6.07, 6.45) is -5.51. The number of aromatic nitrogens is 3. The summed E-state index contributed by atoms with van der Waals surface area (Å²) in [7, 11) is 1.11. The van der Waals surface area contributed by atoms with Crippen molar-refractivity contribution in [2.45, 2.75) is 26.1 Å². The lowest BCUT2D eigenvalue weighted by Gasteiger charge is -2.36. The molecule has 1 atom stereocenters. The first-order valence-corrected chi connectivity index (χ1v) is 11.4. The molecule has 1 aliphatic rings. The Balaban J connectivity index is 2.01. The number of nitrogens with zero attached hydrogens (tertiary/aromatic N) is 4. The molecule has 1 aromatic heterocycles. The van der Waals surface area contributed by atoms with Crippen LogP contribution < -0.4 is 15.9 Å². The molecule has 39 heavy (non-hydrogen) atoms. The Morgan fingerprint density at radius 1 is 1.23 bits per heavy atom. The number of carbonyl (C=O) groups excluding carboxylic acids is 2. The van der Waals surface area contributed by atoms with Crippen molar-refractivity contribution in [1.82, 2.24) is 14.8 Å². The predicted octanol–water partition coefficient (Wildman–Crippen LogP) is 4.22. The van der Waals surface area contributed by atoms with Gasteiger partial charge in [-0.3, -0.25) is 10.2 Å². The first kappa shape index (κ1) is 27.0. The molecular weight excluding hydrogens is 521 g/mol. The molecule has 0 fully saturated rings. The highest BCUT2D eigenvalue weighted by Crippen LogP contribution is 2.44. The molecule has 1 unspecified atom stereocenters. The highest BCUT2D eigenvalue weighted by Gasteiger charge is 2.41. The number of benzene rings is 2. The predicted molar refractivity (Wildman–Crippen MR) is 131 cm³/mol. The normalized spacial score (nSPS) is 14.9. The topological polar surface area (TPSA) is 142 Å². The van der Waals surface area contributed by atoms with Gasteiger partial charge >= 0.3 is 23.9 Å². The van der Waals surface area contributed by atoms with E-state index in [1.807, 2.05) is 6.07 Å². The lowest BCUT2D eigenvalue weighted by Crippen LogP contribution is -2.38. The van der Waals surface area contributed by atoms with Gasteiger partial charge in [0.05, 0.1) is 42.2 Å². The second-order valence-electron chi connectivity index (χ2n) is 8.23. The lowest BCUT2D eigenvalue weighted by atomic mass is 9.92. The number of aromatic amines is 1. The molecule has 11 nitrogen and oxygen atoms in total. The van der Waals surface area contributed by atoms with E-state index in [0.29, 0.717) is 0 Å². The molecule has 2 N–H and O–H groups in total. The van der Waals surface area contributed by atoms with Crippen molar-refractivity contribution in [2.24, 2.45) is 0 Å². The Hall–Kier alpha value is -5.06. The number of amides is 1. The van der Waals surface area contributed by atoms with Gasteiger partial charge < -0.3 is 9.47 Å². The van der Waals surface area contributed by atoms with Crippen LogP contribution in [-0.2, 0) is 20.4 Å². The number of esters is 1. The van der Waals surface area contributed by atoms with Gasteiger partial charge in [0, 0.05) is 16.9 Å². The summed E-state index contributed by atoms with van der Waals surface area (Å²) in [5, 5.41) is 18.2. The van der Waals surface area contributed by atoms with Crippen LogP contribution in [0.4, 0.5) is 35.3 Å². The standard InChI is InChI=1S/C25H21F3N6O5/c1-4-39-24(37)30-18-10-14(12-29)8-9-17(18)20-19(21(35)38-3)13(2)33(22-31-32-23(36)34(20)22)16-7-5-6-15(11-16)25(26,27)28/h5-11,20H,4H2,1-3H3,(H,30,37)(H,32,36). The number of hydrogen-bond donors (Lipinski definition) is 2. The monoisotopic (exact) mass is 542 g/mol. The molecule has 2 heterocycles. The quantitative estimate of drug-likeness (QED) is 0.457. The maximum Gasteiger partial charge on any atom is 0.416 e. The van der Waals surface area contributed by atoms with E-state index in [2.05, 4.69) is 15.5 Å². The largest absolute Gasteiger partial charge is 0.466 e. The van der Waals surface area contributed by atoms with Gasteiger partial charge in [0.2, 0.25) is 5.95 Å². The summed E-state index contributed by atoms with van der Waals surface area (Å²) in [5.74, 6) is -1.01. The zero-order valence-electron chi connectivity index (χ0n) is 20.8. The number of ether oxygens (including phenoxy) is 2. The molecule has 0 aliphatic carbocycles. The van der Waals surface area contributed by atoms with E-state index < -0.39 is 35.5 Å². The average molecular weight is 542 g/mol. The van der Waals surface area contributed by atoms with Crippen LogP contribution in [0, 0.1) is 11.3 Å². The van der Waals surface area contributed by atoms with Crippen LogP contribution >= 0.6 is 0 Å². The molecule has 0 radical (unpaired) electrons. The van der Waals surface area contributed by atoms with Gasteiger partial charge in [-0.2, -0.15) is 18.4 Å². The van der Waals surface area contributed by atoms with Crippen molar-refractivity contribution < 1.29 is 32.2 Å². The fourth-order valence-corrected chi connectivity index (χ4v) is 4.33. The molecule has 0 saturated heterocycles. The second-order valence-corrected chi connectivity index (χ2v) is 8.23. The van der Waals surface area contributed by atoms with Gasteiger partial charge in [-0.15, -0.1) is 5.10 Å². The molecule has 1 amide bonds. The molecular formula is C25H21F3N6O5. The summed E-state index contributed by atoms with van der Waals surface area (Å²) in [6, 6.07) is 9.17. The van der Waals surface area contributed by atoms with Crippen LogP contribution in [-0.4, -0.2) is 40.5 Å². The van der Waals surface area contributed by atoms with E-state index in [1.54, 1.807) is 6.92 Å². The maximum absolute atomic E-state index is 13.5. The second kappa shape index (κ2) is 10.4. The third kappa shape index (κ3) is 4.93. The van der Waals surface area contributed by atoms with Gasteiger partial charge in [-0.25, -0.2) is 24.0 Å². The minimum Gasteiger partial charge on any atom is -0.466 e. The van der Waals surface area contributed by atoms with Crippen LogP contribution in [0.3, 0.4) is 0 Å². The smallest absolute Gasteiger partial charge is 0.416 e. The Morgan fingerprint density at radius 3 is 2.62 bits per heavy atom. The first-order chi connectivity index (χ1) is 18.5. The summed E-state index contributed by atoms with van der Waals surface area (Å²) in [5.41, 5.74) is -1.38. The van der Waals surface area contributed by atoms with Crippen molar-refractivity contribution in [3.63, 3.8) is 0 Å². The number of allylic oxidation sites excluding steroid dienone is 1. The average Bonchev–Trinajstić information content (AvgIpc) is 3.28. The van der Waals surface area contributed by atoms with Gasteiger partial charge in [0.15, 0.2) is 0 Å². The molecule has 0 spiro atoms. The van der Waals surface area contributed by atoms with Crippen LogP contribution in [0.25, 0.3) is 0 Å². The number of H-pyrrole nitrogens is 1. The van der Waals surface area contributed by atoms with Gasteiger partial charge in [-0.05, 0) is 44.2 Å². The molecule has 4 rings (SSSR count). The Kier molecular flexibility index (Phi) is 7.17. The van der Waals surface area contributed by atoms with E-state index in [0.717, 1.165) is 23.8 Å². The summed E-state index contributed by atoms with van der Waals surface area (Å²) < 4.78 is 51.5. The molecule has 14 heteroatoms. The van der Waals surface area contributed by atoms with E-state index in [-0.39, 0.29) is 46.3 Å². The number of anilines is 3. The van der Waals surface area contributed by atoms with Crippen molar-refractivity contribution in [1.29, 1.82) is 5.26 Å². The molecule has 3 aromatic rings. The molecule has 0 bridgehead atoms. The Labute approximate surface area is 219 Å². The number of methoxy groups -OCH3 is 1. The number of fused-ring (bicyclic) bond motifs is 1. The fourth-order valence-electron chi connectivity index (χ4n) is 4.33. The molecule has 2 aromatic carbocycles. The van der Waals surface area contributed by atoms with Gasteiger partial charge in [0.25, 0.3) is 0 Å². The highest BCUT2D eigenvalue weighted by molar-refractivity contribution is 5.95. The van der Waals surface area contributed by atoms with E-state index in [9.17, 15) is 32.8 Å². The zero-order chi connectivity index (χ0) is 28.5. The third-order valence-corrected chi connectivity index (χ3v) is 5.97. The number of nitrogens with one attached hydrogen (secondary N) is 2. The van der Waals surface area contributed by atoms with E-state index >= 15 is 0 Å². The van der Waals surface area contributed by atoms with Crippen molar-refractivity contribution in [3.05, 3.63) is 80.9 Å². The van der Waals surface area contributed by atoms with E-state index in [1.165, 1.54) is 42.2 Å². The van der Waals surface area contributed by atoms with Crippen LogP contribution in [0.5, 0.6) is 0 Å². The van der Waals surface area contributed by atoms with Crippen LogP contribution in [0.2, 0.25) is 0 Å². The minimum absolute atomic E-state index is 0.0212. The number of halogens is 3. The maximum atomic E-state index is 13.5. The summed E-state index contributed by atoms with van der Waals surface area (Å²) >= 11 is 0. The van der Waals surface area contributed by atoms with Gasteiger partial charge in [0.1, 0.15) is 6.04 Å². The summed E-state index contributed by atoms with van der Waals surface area (Å²) in [4.78, 5) is 39.7. The number of rotatable bonds is 5. The summed E-state index contributed by atoms with van der Waals surface area (Å²) in [6.45, 7) is 3.10. The van der Waals surface area contributed by atoms with Crippen LogP contribution in [0.1, 0.15) is 36.6 Å². The highest BCUT2D eigenvalue weighted by atomic mass is 19.4. The Morgan fingerprint density at radius 2 is 1.97 bits per heavy atom. The zero-order valence-corrected chi connectivity index (χ0v) is 20.8. The minimum atomic E-state index is -4.65. The fraction of sp³-hybridized carbons (Fsp3) is 0.240. The number of hydrogen-bond acceptors (Lipinski definition) is 8. The van der Waals surface area contributed by atoms with Gasteiger partial charge in [-0.1, -0.05) is 12.1 Å². The first-order valence-electron chi connectivity index (χ1n) is 11.4. The Bertz CT molecular complexity index is 1580. The van der Waals surface area contributed by atoms with Crippen molar-refractivity contribution >= 4 is 29.4 Å². The number of carbonyl (C=O) groups is 2. The van der Waals surface area contributed by atoms with Crippen molar-refractivity contribution in [2.75, 3.05) is 23.9 Å².